The summed E-state index contributed by atoms with van der Waals surface area (Å²) in [6.07, 6.45) is 0.798. The Kier molecular flexibility index (Phi) is 7.37. The van der Waals surface area contributed by atoms with Crippen molar-refractivity contribution in [3.05, 3.63) is 53.9 Å². The van der Waals surface area contributed by atoms with E-state index < -0.39 is 17.8 Å². The Hall–Kier alpha value is -2.81. The number of alkyl halides is 3. The zero-order valence-corrected chi connectivity index (χ0v) is 17.8. The third kappa shape index (κ3) is 6.33. The summed E-state index contributed by atoms with van der Waals surface area (Å²) in [5.41, 5.74) is 0.869. The van der Waals surface area contributed by atoms with Crippen LogP contribution in [0.15, 0.2) is 42.7 Å². The second kappa shape index (κ2) is 10.00. The average molecular weight is 435 g/mol. The Labute approximate surface area is 180 Å². The van der Waals surface area contributed by atoms with Gasteiger partial charge in [-0.2, -0.15) is 13.2 Å². The highest BCUT2D eigenvalue weighted by atomic mass is 19.4. The van der Waals surface area contributed by atoms with Crippen LogP contribution in [0.5, 0.6) is 0 Å². The number of pyridine rings is 1. The summed E-state index contributed by atoms with van der Waals surface area (Å²) < 4.78 is 40.0. The van der Waals surface area contributed by atoms with E-state index >= 15 is 0 Å². The molecule has 1 aromatic heterocycles. The molecular weight excluding hydrogens is 407 g/mol. The van der Waals surface area contributed by atoms with E-state index in [0.29, 0.717) is 25.3 Å². The number of aromatic nitrogens is 1. The Balaban J connectivity index is 1.86. The van der Waals surface area contributed by atoms with E-state index in [2.05, 4.69) is 10.3 Å². The summed E-state index contributed by atoms with van der Waals surface area (Å²) in [5, 5.41) is 2.75. The SMILES string of the molecule is CN(C)CCN(Cc1cccnc1)C(=O)Nc1cc(C(F)(F)F)ccc1N1CCCC1. The van der Waals surface area contributed by atoms with E-state index in [-0.39, 0.29) is 5.69 Å². The molecule has 31 heavy (non-hydrogen) atoms. The minimum absolute atomic E-state index is 0.183. The van der Waals surface area contributed by atoms with Crippen LogP contribution >= 0.6 is 0 Å². The molecule has 1 saturated heterocycles. The van der Waals surface area contributed by atoms with Crippen molar-refractivity contribution < 1.29 is 18.0 Å². The maximum atomic E-state index is 13.3. The molecule has 1 aromatic carbocycles. The fourth-order valence-electron chi connectivity index (χ4n) is 3.53. The van der Waals surface area contributed by atoms with Crippen LogP contribution in [0.2, 0.25) is 0 Å². The number of carbonyl (C=O) groups excluding carboxylic acids is 1. The summed E-state index contributed by atoms with van der Waals surface area (Å²) in [6, 6.07) is 6.77. The lowest BCUT2D eigenvalue weighted by atomic mass is 10.1. The maximum Gasteiger partial charge on any atom is 0.416 e. The molecule has 3 rings (SSSR count). The summed E-state index contributed by atoms with van der Waals surface area (Å²) in [7, 11) is 3.80. The number of nitrogens with one attached hydrogen (secondary N) is 1. The molecule has 0 aliphatic carbocycles. The van der Waals surface area contributed by atoms with Gasteiger partial charge in [0.05, 0.1) is 16.9 Å². The van der Waals surface area contributed by atoms with Gasteiger partial charge in [-0.25, -0.2) is 4.79 Å². The lowest BCUT2D eigenvalue weighted by Gasteiger charge is -2.27. The highest BCUT2D eigenvalue weighted by Crippen LogP contribution is 2.36. The number of nitrogens with zero attached hydrogens (tertiary/aromatic N) is 4. The summed E-state index contributed by atoms with van der Waals surface area (Å²) in [4.78, 5) is 22.8. The Morgan fingerprint density at radius 2 is 1.90 bits per heavy atom. The van der Waals surface area contributed by atoms with Gasteiger partial charge in [0, 0.05) is 45.1 Å². The molecule has 1 aliphatic heterocycles. The molecule has 2 amide bonds. The second-order valence-corrected chi connectivity index (χ2v) is 7.94. The molecule has 0 atom stereocenters. The number of hydrogen-bond acceptors (Lipinski definition) is 4. The highest BCUT2D eigenvalue weighted by Gasteiger charge is 2.32. The van der Waals surface area contributed by atoms with Gasteiger partial charge in [-0.15, -0.1) is 0 Å². The van der Waals surface area contributed by atoms with E-state index in [0.717, 1.165) is 43.6 Å². The van der Waals surface area contributed by atoms with Gasteiger partial charge in [0.25, 0.3) is 0 Å². The molecule has 0 unspecified atom stereocenters. The molecule has 0 saturated carbocycles. The molecule has 0 radical (unpaired) electrons. The predicted octanol–water partition coefficient (Wildman–Crippen LogP) is 4.30. The first-order chi connectivity index (χ1) is 14.7. The van der Waals surface area contributed by atoms with Crippen molar-refractivity contribution >= 4 is 17.4 Å². The van der Waals surface area contributed by atoms with E-state index in [1.807, 2.05) is 30.0 Å². The fourth-order valence-corrected chi connectivity index (χ4v) is 3.53. The zero-order valence-electron chi connectivity index (χ0n) is 17.8. The minimum Gasteiger partial charge on any atom is -0.370 e. The molecule has 2 aromatic rings. The first kappa shape index (κ1) is 22.9. The summed E-state index contributed by atoms with van der Waals surface area (Å²) >= 11 is 0. The van der Waals surface area contributed by atoms with Gasteiger partial charge in [-0.1, -0.05) is 6.07 Å². The quantitative estimate of drug-likeness (QED) is 0.705. The molecule has 0 spiro atoms. The van der Waals surface area contributed by atoms with E-state index in [1.165, 1.54) is 6.07 Å². The van der Waals surface area contributed by atoms with Crippen molar-refractivity contribution in [3.8, 4) is 0 Å². The number of rotatable bonds is 7. The van der Waals surface area contributed by atoms with Gasteiger partial charge in [0.2, 0.25) is 0 Å². The first-order valence-corrected chi connectivity index (χ1v) is 10.3. The van der Waals surface area contributed by atoms with Gasteiger partial charge >= 0.3 is 12.2 Å². The smallest absolute Gasteiger partial charge is 0.370 e. The lowest BCUT2D eigenvalue weighted by Crippen LogP contribution is -2.39. The van der Waals surface area contributed by atoms with Crippen LogP contribution in [0.25, 0.3) is 0 Å². The van der Waals surface area contributed by atoms with Gasteiger partial charge in [-0.05, 0) is 56.8 Å². The number of anilines is 2. The number of hydrogen-bond donors (Lipinski definition) is 1. The minimum atomic E-state index is -4.48. The number of likely N-dealkylation sites (N-methyl/N-ethyl adjacent to an activating group) is 1. The van der Waals surface area contributed by atoms with Crippen LogP contribution in [-0.2, 0) is 12.7 Å². The van der Waals surface area contributed by atoms with Crippen molar-refractivity contribution in [2.45, 2.75) is 25.6 Å². The van der Waals surface area contributed by atoms with Gasteiger partial charge in [0.15, 0.2) is 0 Å². The van der Waals surface area contributed by atoms with E-state index in [1.54, 1.807) is 23.4 Å². The first-order valence-electron chi connectivity index (χ1n) is 10.3. The predicted molar refractivity (Wildman–Crippen MR) is 115 cm³/mol. The average Bonchev–Trinajstić information content (AvgIpc) is 3.25. The molecule has 168 valence electrons. The van der Waals surface area contributed by atoms with Crippen molar-refractivity contribution in [3.63, 3.8) is 0 Å². The van der Waals surface area contributed by atoms with Crippen molar-refractivity contribution in [1.29, 1.82) is 0 Å². The standard InChI is InChI=1S/C22H28F3N5O/c1-28(2)12-13-30(16-17-6-5-9-26-15-17)21(31)27-19-14-18(22(23,24)25)7-8-20(19)29-10-3-4-11-29/h5-9,14-15H,3-4,10-13,16H2,1-2H3,(H,27,31). The third-order valence-corrected chi connectivity index (χ3v) is 5.21. The summed E-state index contributed by atoms with van der Waals surface area (Å²) in [5.74, 6) is 0. The van der Waals surface area contributed by atoms with Crippen LogP contribution in [0.4, 0.5) is 29.3 Å². The van der Waals surface area contributed by atoms with E-state index in [4.69, 9.17) is 0 Å². The normalized spacial score (nSPS) is 14.2. The lowest BCUT2D eigenvalue weighted by molar-refractivity contribution is -0.137. The van der Waals surface area contributed by atoms with Gasteiger partial charge in [-0.3, -0.25) is 4.98 Å². The van der Waals surface area contributed by atoms with Crippen molar-refractivity contribution in [2.75, 3.05) is 50.5 Å². The van der Waals surface area contributed by atoms with Crippen LogP contribution in [0.1, 0.15) is 24.0 Å². The molecule has 2 heterocycles. The second-order valence-electron chi connectivity index (χ2n) is 7.94. The van der Waals surface area contributed by atoms with Crippen LogP contribution in [-0.4, -0.2) is 61.1 Å². The van der Waals surface area contributed by atoms with Crippen molar-refractivity contribution in [2.24, 2.45) is 0 Å². The number of carbonyl (C=O) groups is 1. The van der Waals surface area contributed by atoms with Crippen LogP contribution in [0, 0.1) is 0 Å². The molecule has 9 heteroatoms. The van der Waals surface area contributed by atoms with E-state index in [9.17, 15) is 18.0 Å². The Morgan fingerprint density at radius 1 is 1.16 bits per heavy atom. The number of amides is 2. The van der Waals surface area contributed by atoms with Crippen LogP contribution < -0.4 is 10.2 Å². The van der Waals surface area contributed by atoms with Gasteiger partial charge in [0.1, 0.15) is 0 Å². The third-order valence-electron chi connectivity index (χ3n) is 5.21. The molecule has 1 N–H and O–H groups in total. The maximum absolute atomic E-state index is 13.3. The summed E-state index contributed by atoms with van der Waals surface area (Å²) in [6.45, 7) is 2.87. The zero-order chi connectivity index (χ0) is 22.4. The molecule has 1 aliphatic rings. The molecule has 1 fully saturated rings. The topological polar surface area (TPSA) is 51.7 Å². The number of benzene rings is 1. The molecule has 6 nitrogen and oxygen atoms in total. The van der Waals surface area contributed by atoms with Gasteiger partial charge < -0.3 is 20.0 Å². The Morgan fingerprint density at radius 3 is 2.52 bits per heavy atom. The Bertz CT molecular complexity index is 867. The van der Waals surface area contributed by atoms with Crippen LogP contribution in [0.3, 0.4) is 0 Å². The molecular formula is C22H28F3N5O. The largest absolute Gasteiger partial charge is 0.416 e. The van der Waals surface area contributed by atoms with Crippen molar-refractivity contribution in [1.82, 2.24) is 14.8 Å². The molecule has 0 bridgehead atoms. The highest BCUT2D eigenvalue weighted by molar-refractivity contribution is 5.93. The number of urea groups is 1. The monoisotopic (exact) mass is 435 g/mol. The fraction of sp³-hybridized carbons (Fsp3) is 0.455. The number of halogens is 3.